The van der Waals surface area contributed by atoms with Crippen LogP contribution in [-0.2, 0) is 65.4 Å². The molecular weight excluding hydrogens is 298 g/mol. The van der Waals surface area contributed by atoms with Gasteiger partial charge in [-0.25, -0.2) is 0 Å². The van der Waals surface area contributed by atoms with Crippen molar-refractivity contribution in [2.75, 3.05) is 0 Å². The Balaban J connectivity index is -0.00000000575. The van der Waals surface area contributed by atoms with Crippen LogP contribution in [0.4, 0.5) is 0 Å². The molecule has 0 aliphatic heterocycles. The van der Waals surface area contributed by atoms with Crippen LogP contribution in [0.2, 0.25) is 0 Å². The molecule has 2 heteroatoms. The largest absolute Gasteiger partial charge is 0.697 e. The minimum atomic E-state index is 0. The summed E-state index contributed by atoms with van der Waals surface area (Å²) in [4.78, 5) is 0. The van der Waals surface area contributed by atoms with Crippen LogP contribution < -0.4 is 0 Å². The summed E-state index contributed by atoms with van der Waals surface area (Å²) >= 11 is 0. The first kappa shape index (κ1) is 50.9. The van der Waals surface area contributed by atoms with Crippen LogP contribution in [0, 0.1) is 34.3 Å². The monoisotopic (exact) mass is 316 g/mol. The van der Waals surface area contributed by atoms with Crippen LogP contribution in [0.5, 0.6) is 0 Å². The van der Waals surface area contributed by atoms with Crippen LogP contribution in [0.3, 0.4) is 0 Å². The normalized spacial score (nSPS) is 2.58. The molecule has 0 saturated carbocycles. The second-order valence-corrected chi connectivity index (χ2v) is 0.697. The summed E-state index contributed by atoms with van der Waals surface area (Å²) < 4.78 is 0. The van der Waals surface area contributed by atoms with E-state index in [0.29, 0.717) is 0 Å². The standard InChI is InChI=1S/C4H8.C2H3.C2H.2CH3.2Y/c1-3-4-2;2*1-2;;;;/h3H,1,4H2,2H3;1H,2H2;1H;2*1H3;;/q;4*-1;;. The third-order valence-electron chi connectivity index (χ3n) is 0.289. The molecule has 0 aromatic carbocycles. The second kappa shape index (κ2) is 147. The molecule has 0 aliphatic carbocycles. The van der Waals surface area contributed by atoms with E-state index in [2.05, 4.69) is 33.1 Å². The molecule has 0 N–H and O–H groups in total. The van der Waals surface area contributed by atoms with Crippen molar-refractivity contribution in [2.45, 2.75) is 13.3 Å². The van der Waals surface area contributed by atoms with E-state index in [-0.39, 0.29) is 80.3 Å². The summed E-state index contributed by atoms with van der Waals surface area (Å²) in [5, 5.41) is 0. The number of hydrogen-bond acceptors (Lipinski definition) is 0. The molecule has 0 spiro atoms. The Labute approximate surface area is 130 Å². The Hall–Kier alpha value is 1.25. The smallest absolute Gasteiger partial charge is 0 e. The van der Waals surface area contributed by atoms with Crippen molar-refractivity contribution in [3.8, 4) is 6.42 Å². The van der Waals surface area contributed by atoms with E-state index in [9.17, 15) is 0 Å². The van der Waals surface area contributed by atoms with Crippen molar-refractivity contribution in [3.63, 3.8) is 0 Å². The fourth-order valence-corrected chi connectivity index (χ4v) is 0. The number of allylic oxidation sites excluding steroid dienone is 1. The van der Waals surface area contributed by atoms with E-state index in [0.717, 1.165) is 6.42 Å². The Morgan fingerprint density at radius 3 is 1.33 bits per heavy atom. The SMILES string of the molecule is C=CCC.[C-]#C.[CH-]=C.[CH3-].[CH3-].[Y].[Y]. The molecule has 0 aliphatic rings. The van der Waals surface area contributed by atoms with Crippen molar-refractivity contribution >= 4 is 0 Å². The van der Waals surface area contributed by atoms with E-state index in [1.54, 1.807) is 0 Å². The molecule has 0 amide bonds. The molecule has 68 valence electrons. The van der Waals surface area contributed by atoms with Crippen molar-refractivity contribution in [1.29, 1.82) is 0 Å². The summed E-state index contributed by atoms with van der Waals surface area (Å²) in [7, 11) is 0. The van der Waals surface area contributed by atoms with E-state index < -0.39 is 0 Å². The van der Waals surface area contributed by atoms with Gasteiger partial charge >= 0.3 is 0 Å². The molecule has 0 rings (SSSR count). The minimum Gasteiger partial charge on any atom is -0.697 e. The van der Waals surface area contributed by atoms with Gasteiger partial charge in [-0.1, -0.05) is 13.0 Å². The van der Waals surface area contributed by atoms with Gasteiger partial charge in [0, 0.05) is 65.4 Å². The van der Waals surface area contributed by atoms with E-state index in [1.807, 2.05) is 6.08 Å². The van der Waals surface area contributed by atoms with E-state index in [1.165, 1.54) is 0 Å². The van der Waals surface area contributed by atoms with Crippen LogP contribution in [0.15, 0.2) is 19.2 Å². The predicted molar refractivity (Wildman–Crippen MR) is 51.4 cm³/mol. The second-order valence-electron chi connectivity index (χ2n) is 0.697. The first-order chi connectivity index (χ1) is 3.91. The maximum Gasteiger partial charge on any atom is 0 e. The summed E-state index contributed by atoms with van der Waals surface area (Å²) in [5.74, 6) is 0. The van der Waals surface area contributed by atoms with Crippen molar-refractivity contribution < 1.29 is 65.4 Å². The summed E-state index contributed by atoms with van der Waals surface area (Å²) in [6.45, 7) is 12.5. The van der Waals surface area contributed by atoms with Crippen LogP contribution in [0.1, 0.15) is 13.3 Å². The predicted octanol–water partition coefficient (Wildman–Crippen LogP) is 3.29. The molecule has 0 saturated heterocycles. The van der Waals surface area contributed by atoms with Gasteiger partial charge in [-0.2, -0.15) is 0 Å². The van der Waals surface area contributed by atoms with Crippen LogP contribution >= 0.6 is 0 Å². The third kappa shape index (κ3) is 234. The molecule has 12 heavy (non-hydrogen) atoms. The molecule has 0 bridgehead atoms. The number of terminal acetylenes is 1. The van der Waals surface area contributed by atoms with Gasteiger partial charge < -0.3 is 34.3 Å². The zero-order chi connectivity index (χ0) is 7.41. The first-order valence-corrected chi connectivity index (χ1v) is 2.22. The van der Waals surface area contributed by atoms with Crippen molar-refractivity contribution in [3.05, 3.63) is 47.1 Å². The Kier molecular flexibility index (Phi) is 623. The van der Waals surface area contributed by atoms with Gasteiger partial charge in [-0.05, 0) is 6.42 Å². The zero-order valence-electron chi connectivity index (χ0n) is 8.51. The van der Waals surface area contributed by atoms with Crippen molar-refractivity contribution in [1.82, 2.24) is 0 Å². The van der Waals surface area contributed by atoms with Gasteiger partial charge in [0.15, 0.2) is 0 Å². The van der Waals surface area contributed by atoms with Crippen LogP contribution in [0.25, 0.3) is 0 Å². The molecular formula is C10H18Y2-4. The summed E-state index contributed by atoms with van der Waals surface area (Å²) in [6, 6.07) is 0. The maximum atomic E-state index is 5.25. The Bertz CT molecular complexity index is 49.0. The molecule has 0 heterocycles. The van der Waals surface area contributed by atoms with Crippen molar-refractivity contribution in [2.24, 2.45) is 0 Å². The van der Waals surface area contributed by atoms with Gasteiger partial charge in [0.05, 0.1) is 0 Å². The van der Waals surface area contributed by atoms with Crippen LogP contribution in [-0.4, -0.2) is 0 Å². The Morgan fingerprint density at radius 1 is 1.25 bits per heavy atom. The molecule has 2 radical (unpaired) electrons. The fraction of sp³-hybridized carbons (Fsp3) is 0.200. The first-order valence-electron chi connectivity index (χ1n) is 2.22. The third-order valence-corrected chi connectivity index (χ3v) is 0.289. The number of hydrogen-bond donors (Lipinski definition) is 0. The number of rotatable bonds is 1. The van der Waals surface area contributed by atoms with Gasteiger partial charge in [-0.3, -0.25) is 6.58 Å². The minimum absolute atomic E-state index is 0. The van der Waals surface area contributed by atoms with Gasteiger partial charge in [0.25, 0.3) is 0 Å². The topological polar surface area (TPSA) is 0 Å². The zero-order valence-corrected chi connectivity index (χ0v) is 14.2. The summed E-state index contributed by atoms with van der Waals surface area (Å²) in [5.41, 5.74) is 0. The molecule has 0 aromatic rings. The molecule has 0 aromatic heterocycles. The molecule has 0 nitrogen and oxygen atoms in total. The van der Waals surface area contributed by atoms with E-state index >= 15 is 0 Å². The fourth-order valence-electron chi connectivity index (χ4n) is 0. The molecule has 0 fully saturated rings. The van der Waals surface area contributed by atoms with Gasteiger partial charge in [0.1, 0.15) is 0 Å². The van der Waals surface area contributed by atoms with Gasteiger partial charge in [0.2, 0.25) is 0 Å². The Morgan fingerprint density at radius 2 is 1.33 bits per heavy atom. The average Bonchev–Trinajstić information content (AvgIpc) is 1.96. The quantitative estimate of drug-likeness (QED) is 0.396. The molecule has 0 unspecified atom stereocenters. The molecule has 0 atom stereocenters. The average molecular weight is 316 g/mol. The maximum absolute atomic E-state index is 5.25. The van der Waals surface area contributed by atoms with Gasteiger partial charge in [-0.15, -0.1) is 6.58 Å². The van der Waals surface area contributed by atoms with E-state index in [4.69, 9.17) is 6.42 Å². The summed E-state index contributed by atoms with van der Waals surface area (Å²) in [6.07, 6.45) is 12.0.